The lowest BCUT2D eigenvalue weighted by Gasteiger charge is -2.38. The van der Waals surface area contributed by atoms with Gasteiger partial charge in [0.05, 0.1) is 5.92 Å². The van der Waals surface area contributed by atoms with E-state index in [1.54, 1.807) is 26.0 Å². The van der Waals surface area contributed by atoms with Crippen LogP contribution in [0.15, 0.2) is 18.2 Å². The van der Waals surface area contributed by atoms with Crippen molar-refractivity contribution < 1.29 is 13.9 Å². The summed E-state index contributed by atoms with van der Waals surface area (Å²) in [6.07, 6.45) is 4.88. The molecule has 2 fully saturated rings. The molecule has 0 spiro atoms. The van der Waals surface area contributed by atoms with Gasteiger partial charge in [0.15, 0.2) is 0 Å². The Morgan fingerprint density at radius 3 is 2.72 bits per heavy atom. The molecule has 1 aromatic rings. The monoisotopic (exact) mass is 347 g/mol. The Kier molecular flexibility index (Phi) is 5.47. The predicted molar refractivity (Wildman–Crippen MR) is 97.1 cm³/mol. The van der Waals surface area contributed by atoms with Crippen molar-refractivity contribution in [2.45, 2.75) is 45.4 Å². The molecule has 3 rings (SSSR count). The average molecular weight is 347 g/mol. The fourth-order valence-electron chi connectivity index (χ4n) is 4.74. The number of esters is 1. The Hall–Kier alpha value is -1.42. The van der Waals surface area contributed by atoms with Crippen LogP contribution in [0.25, 0.3) is 0 Å². The van der Waals surface area contributed by atoms with E-state index in [0.29, 0.717) is 17.6 Å². The molecule has 1 aromatic carbocycles. The van der Waals surface area contributed by atoms with E-state index in [1.807, 2.05) is 0 Å². The highest BCUT2D eigenvalue weighted by Gasteiger charge is 2.43. The fraction of sp³-hybridized carbons (Fsp3) is 0.667. The van der Waals surface area contributed by atoms with Crippen molar-refractivity contribution in [3.63, 3.8) is 0 Å². The number of hydrogen-bond donors (Lipinski definition) is 0. The zero-order valence-electron chi connectivity index (χ0n) is 15.8. The highest BCUT2D eigenvalue weighted by atomic mass is 19.1. The highest BCUT2D eigenvalue weighted by molar-refractivity contribution is 5.74. The summed E-state index contributed by atoms with van der Waals surface area (Å²) in [5, 5.41) is 0. The van der Waals surface area contributed by atoms with Gasteiger partial charge in [0.25, 0.3) is 0 Å². The number of halogens is 1. The summed E-state index contributed by atoms with van der Waals surface area (Å²) < 4.78 is 20.1. The average Bonchev–Trinajstić information content (AvgIpc) is 2.94. The first-order valence-corrected chi connectivity index (χ1v) is 9.51. The van der Waals surface area contributed by atoms with Crippen molar-refractivity contribution >= 4 is 5.97 Å². The first-order chi connectivity index (χ1) is 11.8. The standard InChI is InChI=1S/C21H30FNO2/c1-13(2)21(24)25-16-7-8-20(22)18(11-16)17-10-14-5-6-15(9-14)19(17)12-23(3)4/h7-8,11,13-15,17,19H,5-6,9-10,12H2,1-4H3/t14?,15?,17-,19-/m0/s1. The minimum absolute atomic E-state index is 0.167. The van der Waals surface area contributed by atoms with Crippen LogP contribution in [0.2, 0.25) is 0 Å². The van der Waals surface area contributed by atoms with Gasteiger partial charge in [0, 0.05) is 6.54 Å². The smallest absolute Gasteiger partial charge is 0.313 e. The Balaban J connectivity index is 1.88. The van der Waals surface area contributed by atoms with Crippen LogP contribution in [0, 0.1) is 29.5 Å². The largest absolute Gasteiger partial charge is 0.426 e. The second-order valence-electron chi connectivity index (χ2n) is 8.47. The number of carbonyl (C=O) groups is 1. The number of hydrogen-bond acceptors (Lipinski definition) is 3. The third-order valence-electron chi connectivity index (χ3n) is 5.92. The van der Waals surface area contributed by atoms with Gasteiger partial charge < -0.3 is 9.64 Å². The summed E-state index contributed by atoms with van der Waals surface area (Å²) >= 11 is 0. The van der Waals surface area contributed by atoms with Crippen LogP contribution in [0.1, 0.15) is 51.0 Å². The quantitative estimate of drug-likeness (QED) is 0.581. The van der Waals surface area contributed by atoms with E-state index < -0.39 is 0 Å². The van der Waals surface area contributed by atoms with Crippen LogP contribution >= 0.6 is 0 Å². The van der Waals surface area contributed by atoms with Crippen molar-refractivity contribution in [1.29, 1.82) is 0 Å². The second kappa shape index (κ2) is 7.45. The number of ether oxygens (including phenoxy) is 1. The van der Waals surface area contributed by atoms with Crippen molar-refractivity contribution in [3.8, 4) is 5.75 Å². The van der Waals surface area contributed by atoms with E-state index in [1.165, 1.54) is 25.3 Å². The molecule has 2 aliphatic carbocycles. The maximum atomic E-state index is 14.7. The summed E-state index contributed by atoms with van der Waals surface area (Å²) in [4.78, 5) is 14.1. The zero-order valence-corrected chi connectivity index (χ0v) is 15.8. The maximum Gasteiger partial charge on any atom is 0.313 e. The Bertz CT molecular complexity index is 628. The molecule has 0 N–H and O–H groups in total. The van der Waals surface area contributed by atoms with Gasteiger partial charge in [-0.05, 0) is 80.8 Å². The highest BCUT2D eigenvalue weighted by Crippen LogP contribution is 2.52. The third kappa shape index (κ3) is 4.05. The molecule has 2 saturated carbocycles. The summed E-state index contributed by atoms with van der Waals surface area (Å²) in [6, 6.07) is 4.80. The molecule has 2 bridgehead atoms. The third-order valence-corrected chi connectivity index (χ3v) is 5.92. The van der Waals surface area contributed by atoms with E-state index in [4.69, 9.17) is 4.74 Å². The van der Waals surface area contributed by atoms with Gasteiger partial charge in [-0.25, -0.2) is 4.39 Å². The summed E-state index contributed by atoms with van der Waals surface area (Å²) in [5.74, 6) is 1.93. The van der Waals surface area contributed by atoms with E-state index in [9.17, 15) is 9.18 Å². The molecule has 0 radical (unpaired) electrons. The van der Waals surface area contributed by atoms with Crippen molar-refractivity contribution in [3.05, 3.63) is 29.6 Å². The van der Waals surface area contributed by atoms with Crippen LogP contribution in [-0.4, -0.2) is 31.5 Å². The number of carbonyl (C=O) groups excluding carboxylic acids is 1. The predicted octanol–water partition coefficient (Wildman–Crippen LogP) is 4.47. The van der Waals surface area contributed by atoms with E-state index in [0.717, 1.165) is 24.4 Å². The van der Waals surface area contributed by atoms with Crippen LogP contribution in [-0.2, 0) is 4.79 Å². The molecule has 25 heavy (non-hydrogen) atoms. The molecule has 2 aliphatic rings. The molecule has 2 unspecified atom stereocenters. The molecule has 0 aromatic heterocycles. The SMILES string of the molecule is CC(C)C(=O)Oc1ccc(F)c([C@@H]2CC3CCC(C3)[C@@H]2CN(C)C)c1. The molecule has 0 amide bonds. The van der Waals surface area contributed by atoms with Gasteiger partial charge in [-0.2, -0.15) is 0 Å². The van der Waals surface area contributed by atoms with E-state index >= 15 is 0 Å². The minimum Gasteiger partial charge on any atom is -0.426 e. The molecular formula is C21H30FNO2. The zero-order chi connectivity index (χ0) is 18.1. The van der Waals surface area contributed by atoms with Gasteiger partial charge in [-0.15, -0.1) is 0 Å². The van der Waals surface area contributed by atoms with Crippen LogP contribution in [0.5, 0.6) is 5.75 Å². The number of rotatable bonds is 5. The lowest BCUT2D eigenvalue weighted by molar-refractivity contribution is -0.137. The number of benzene rings is 1. The fourth-order valence-corrected chi connectivity index (χ4v) is 4.74. The lowest BCUT2D eigenvalue weighted by Crippen LogP contribution is -2.35. The topological polar surface area (TPSA) is 29.5 Å². The van der Waals surface area contributed by atoms with E-state index in [2.05, 4.69) is 19.0 Å². The van der Waals surface area contributed by atoms with Crippen LogP contribution in [0.3, 0.4) is 0 Å². The van der Waals surface area contributed by atoms with Gasteiger partial charge in [-0.3, -0.25) is 4.79 Å². The molecule has 0 heterocycles. The molecular weight excluding hydrogens is 317 g/mol. The molecule has 138 valence electrons. The Morgan fingerprint density at radius 1 is 1.28 bits per heavy atom. The molecule has 0 saturated heterocycles. The van der Waals surface area contributed by atoms with Gasteiger partial charge in [0.2, 0.25) is 0 Å². The van der Waals surface area contributed by atoms with Crippen molar-refractivity contribution in [1.82, 2.24) is 4.90 Å². The van der Waals surface area contributed by atoms with E-state index in [-0.39, 0.29) is 23.6 Å². The number of fused-ring (bicyclic) bond motifs is 2. The first-order valence-electron chi connectivity index (χ1n) is 9.51. The Labute approximate surface area is 150 Å². The Morgan fingerprint density at radius 2 is 2.04 bits per heavy atom. The molecule has 0 aliphatic heterocycles. The van der Waals surface area contributed by atoms with Crippen molar-refractivity contribution in [2.24, 2.45) is 23.7 Å². The minimum atomic E-state index is -0.272. The molecule has 3 nitrogen and oxygen atoms in total. The van der Waals surface area contributed by atoms with Crippen molar-refractivity contribution in [2.75, 3.05) is 20.6 Å². The normalized spacial score (nSPS) is 28.6. The second-order valence-corrected chi connectivity index (χ2v) is 8.47. The molecule has 4 atom stereocenters. The van der Waals surface area contributed by atoms with Gasteiger partial charge in [0.1, 0.15) is 11.6 Å². The maximum absolute atomic E-state index is 14.7. The summed E-state index contributed by atoms with van der Waals surface area (Å²) in [5.41, 5.74) is 0.734. The van der Waals surface area contributed by atoms with Crippen LogP contribution in [0.4, 0.5) is 4.39 Å². The lowest BCUT2D eigenvalue weighted by atomic mass is 9.69. The van der Waals surface area contributed by atoms with Gasteiger partial charge in [-0.1, -0.05) is 20.3 Å². The number of nitrogens with zero attached hydrogens (tertiary/aromatic N) is 1. The summed E-state index contributed by atoms with van der Waals surface area (Å²) in [6.45, 7) is 4.59. The van der Waals surface area contributed by atoms with Gasteiger partial charge >= 0.3 is 5.97 Å². The first kappa shape index (κ1) is 18.4. The summed E-state index contributed by atoms with van der Waals surface area (Å²) in [7, 11) is 4.19. The molecule has 4 heteroatoms. The van der Waals surface area contributed by atoms with Crippen LogP contribution < -0.4 is 4.74 Å².